The highest BCUT2D eigenvalue weighted by atomic mass is 16.5. The molecule has 0 amide bonds. The summed E-state index contributed by atoms with van der Waals surface area (Å²) in [6.07, 6.45) is 2.06. The second-order valence-corrected chi connectivity index (χ2v) is 4.58. The number of rotatable bonds is 4. The van der Waals surface area contributed by atoms with E-state index in [-0.39, 0.29) is 12.0 Å². The van der Waals surface area contributed by atoms with Gasteiger partial charge in [0.05, 0.1) is 18.8 Å². The normalized spacial score (nSPS) is 18.9. The minimum Gasteiger partial charge on any atom is -0.462 e. The first kappa shape index (κ1) is 13.7. The van der Waals surface area contributed by atoms with Crippen LogP contribution in [0.25, 0.3) is 0 Å². The molecule has 0 spiro atoms. The van der Waals surface area contributed by atoms with Crippen molar-refractivity contribution in [3.63, 3.8) is 0 Å². The van der Waals surface area contributed by atoms with Gasteiger partial charge in [-0.05, 0) is 38.0 Å². The standard InChI is InChI=1S/C14H20N2O3/c1-2-19-14(17)12-8-10(15)5-6-13(12)16-11-4-3-7-18-9-11/h5-6,8,11,16H,2-4,7,9,15H2,1H3. The Morgan fingerprint density at radius 2 is 2.42 bits per heavy atom. The molecular formula is C14H20N2O3. The molecule has 1 fully saturated rings. The molecule has 1 aromatic carbocycles. The van der Waals surface area contributed by atoms with Gasteiger partial charge in [-0.1, -0.05) is 0 Å². The van der Waals surface area contributed by atoms with Crippen LogP contribution >= 0.6 is 0 Å². The number of benzene rings is 1. The van der Waals surface area contributed by atoms with Gasteiger partial charge in [-0.2, -0.15) is 0 Å². The van der Waals surface area contributed by atoms with Gasteiger partial charge in [0, 0.05) is 24.0 Å². The fraction of sp³-hybridized carbons (Fsp3) is 0.500. The van der Waals surface area contributed by atoms with E-state index in [9.17, 15) is 4.79 Å². The molecule has 3 N–H and O–H groups in total. The van der Waals surface area contributed by atoms with Crippen LogP contribution in [0.3, 0.4) is 0 Å². The Hall–Kier alpha value is -1.75. The van der Waals surface area contributed by atoms with Gasteiger partial charge in [0.1, 0.15) is 0 Å². The second kappa shape index (κ2) is 6.43. The highest BCUT2D eigenvalue weighted by molar-refractivity contribution is 5.96. The minimum atomic E-state index is -0.353. The van der Waals surface area contributed by atoms with Gasteiger partial charge >= 0.3 is 5.97 Å². The number of hydrogen-bond acceptors (Lipinski definition) is 5. The van der Waals surface area contributed by atoms with Crippen molar-refractivity contribution in [2.75, 3.05) is 30.9 Å². The van der Waals surface area contributed by atoms with Crippen LogP contribution < -0.4 is 11.1 Å². The SMILES string of the molecule is CCOC(=O)c1cc(N)ccc1NC1CCCOC1. The molecule has 1 aliphatic heterocycles. The summed E-state index contributed by atoms with van der Waals surface area (Å²) in [6.45, 7) is 3.60. The van der Waals surface area contributed by atoms with Crippen molar-refractivity contribution in [1.82, 2.24) is 0 Å². The van der Waals surface area contributed by atoms with E-state index >= 15 is 0 Å². The molecule has 0 radical (unpaired) electrons. The zero-order chi connectivity index (χ0) is 13.7. The predicted molar refractivity (Wildman–Crippen MR) is 74.3 cm³/mol. The summed E-state index contributed by atoms with van der Waals surface area (Å²) in [7, 11) is 0. The molecule has 0 saturated carbocycles. The van der Waals surface area contributed by atoms with Crippen molar-refractivity contribution in [1.29, 1.82) is 0 Å². The van der Waals surface area contributed by atoms with E-state index in [0.717, 1.165) is 25.1 Å². The van der Waals surface area contributed by atoms with Gasteiger partial charge in [-0.3, -0.25) is 0 Å². The summed E-state index contributed by atoms with van der Waals surface area (Å²) >= 11 is 0. The van der Waals surface area contributed by atoms with Gasteiger partial charge in [-0.25, -0.2) is 4.79 Å². The van der Waals surface area contributed by atoms with Gasteiger partial charge in [0.2, 0.25) is 0 Å². The molecule has 2 rings (SSSR count). The quantitative estimate of drug-likeness (QED) is 0.643. The van der Waals surface area contributed by atoms with Crippen LogP contribution in [0.15, 0.2) is 18.2 Å². The van der Waals surface area contributed by atoms with E-state index in [1.807, 2.05) is 6.07 Å². The average Bonchev–Trinajstić information content (AvgIpc) is 2.42. The highest BCUT2D eigenvalue weighted by Crippen LogP contribution is 2.22. The monoisotopic (exact) mass is 264 g/mol. The van der Waals surface area contributed by atoms with Crippen LogP contribution in [0.2, 0.25) is 0 Å². The highest BCUT2D eigenvalue weighted by Gasteiger charge is 2.18. The number of nitrogens with two attached hydrogens (primary N) is 1. The van der Waals surface area contributed by atoms with Gasteiger partial charge in [0.15, 0.2) is 0 Å². The van der Waals surface area contributed by atoms with Crippen LogP contribution in [-0.2, 0) is 9.47 Å². The third kappa shape index (κ3) is 3.61. The molecule has 1 aliphatic rings. The lowest BCUT2D eigenvalue weighted by molar-refractivity contribution is 0.0527. The predicted octanol–water partition coefficient (Wildman–Crippen LogP) is 2.04. The number of hydrogen-bond donors (Lipinski definition) is 2. The van der Waals surface area contributed by atoms with Crippen molar-refractivity contribution in [2.24, 2.45) is 0 Å². The van der Waals surface area contributed by atoms with Gasteiger partial charge in [0.25, 0.3) is 0 Å². The van der Waals surface area contributed by atoms with E-state index in [1.165, 1.54) is 0 Å². The molecule has 1 unspecified atom stereocenters. The molecule has 1 aromatic rings. The number of nitrogen functional groups attached to an aromatic ring is 1. The van der Waals surface area contributed by atoms with Crippen molar-refractivity contribution < 1.29 is 14.3 Å². The van der Waals surface area contributed by atoms with Crippen LogP contribution in [0.5, 0.6) is 0 Å². The zero-order valence-electron chi connectivity index (χ0n) is 11.1. The summed E-state index contributed by atoms with van der Waals surface area (Å²) in [6, 6.07) is 5.46. The molecule has 1 atom stereocenters. The van der Waals surface area contributed by atoms with E-state index in [2.05, 4.69) is 5.32 Å². The van der Waals surface area contributed by atoms with E-state index < -0.39 is 0 Å². The Morgan fingerprint density at radius 3 is 3.11 bits per heavy atom. The summed E-state index contributed by atoms with van der Waals surface area (Å²) in [5, 5.41) is 3.33. The molecule has 5 heteroatoms. The first-order valence-corrected chi connectivity index (χ1v) is 6.61. The maximum atomic E-state index is 11.9. The van der Waals surface area contributed by atoms with E-state index in [1.54, 1.807) is 19.1 Å². The molecule has 104 valence electrons. The molecular weight excluding hydrogens is 244 g/mol. The number of nitrogens with one attached hydrogen (secondary N) is 1. The maximum Gasteiger partial charge on any atom is 0.340 e. The first-order chi connectivity index (χ1) is 9.20. The average molecular weight is 264 g/mol. The number of esters is 1. The van der Waals surface area contributed by atoms with Crippen molar-refractivity contribution in [3.05, 3.63) is 23.8 Å². The summed E-state index contributed by atoms with van der Waals surface area (Å²) in [5.74, 6) is -0.353. The topological polar surface area (TPSA) is 73.6 Å². The third-order valence-electron chi connectivity index (χ3n) is 3.06. The summed E-state index contributed by atoms with van der Waals surface area (Å²) < 4.78 is 10.5. The minimum absolute atomic E-state index is 0.227. The fourth-order valence-electron chi connectivity index (χ4n) is 2.14. The molecule has 1 saturated heterocycles. The Kier molecular flexibility index (Phi) is 4.63. The molecule has 0 aromatic heterocycles. The maximum absolute atomic E-state index is 11.9. The lowest BCUT2D eigenvalue weighted by atomic mass is 10.1. The van der Waals surface area contributed by atoms with Crippen molar-refractivity contribution in [2.45, 2.75) is 25.8 Å². The molecule has 19 heavy (non-hydrogen) atoms. The summed E-state index contributed by atoms with van der Waals surface area (Å²) in [4.78, 5) is 11.9. The molecule has 1 heterocycles. The Morgan fingerprint density at radius 1 is 1.58 bits per heavy atom. The first-order valence-electron chi connectivity index (χ1n) is 6.61. The van der Waals surface area contributed by atoms with E-state index in [0.29, 0.717) is 24.5 Å². The Labute approximate surface area is 113 Å². The largest absolute Gasteiger partial charge is 0.462 e. The molecule has 0 bridgehead atoms. The molecule has 0 aliphatic carbocycles. The number of carbonyl (C=O) groups excluding carboxylic acids is 1. The third-order valence-corrected chi connectivity index (χ3v) is 3.06. The lowest BCUT2D eigenvalue weighted by Crippen LogP contribution is -2.30. The zero-order valence-corrected chi connectivity index (χ0v) is 11.1. The van der Waals surface area contributed by atoms with E-state index in [4.69, 9.17) is 15.2 Å². The molecule has 5 nitrogen and oxygen atoms in total. The van der Waals surface area contributed by atoms with Crippen molar-refractivity contribution >= 4 is 17.3 Å². The Bertz CT molecular complexity index is 442. The van der Waals surface area contributed by atoms with Crippen LogP contribution in [-0.4, -0.2) is 31.8 Å². The second-order valence-electron chi connectivity index (χ2n) is 4.58. The fourth-order valence-corrected chi connectivity index (χ4v) is 2.14. The van der Waals surface area contributed by atoms with Crippen LogP contribution in [0, 0.1) is 0 Å². The van der Waals surface area contributed by atoms with Gasteiger partial charge in [-0.15, -0.1) is 0 Å². The number of ether oxygens (including phenoxy) is 2. The van der Waals surface area contributed by atoms with Crippen molar-refractivity contribution in [3.8, 4) is 0 Å². The lowest BCUT2D eigenvalue weighted by Gasteiger charge is -2.25. The van der Waals surface area contributed by atoms with Crippen LogP contribution in [0.1, 0.15) is 30.1 Å². The smallest absolute Gasteiger partial charge is 0.340 e. The number of anilines is 2. The summed E-state index contributed by atoms with van der Waals surface area (Å²) in [5.41, 5.74) is 7.52. The Balaban J connectivity index is 2.15. The number of carbonyl (C=O) groups is 1. The van der Waals surface area contributed by atoms with Crippen LogP contribution in [0.4, 0.5) is 11.4 Å². The van der Waals surface area contributed by atoms with Gasteiger partial charge < -0.3 is 20.5 Å².